The maximum absolute atomic E-state index is 13.3. The lowest BCUT2D eigenvalue weighted by atomic mass is 10.0. The molecule has 0 aliphatic carbocycles. The molecule has 1 aromatic heterocycles. The lowest BCUT2D eigenvalue weighted by molar-refractivity contribution is -0.0208. The fourth-order valence-electron chi connectivity index (χ4n) is 3.16. The number of rotatable bonds is 6. The quantitative estimate of drug-likeness (QED) is 0.784. The van der Waals surface area contributed by atoms with Crippen molar-refractivity contribution in [3.05, 3.63) is 41.7 Å². The first-order chi connectivity index (χ1) is 14.0. The minimum absolute atomic E-state index is 0.0716. The van der Waals surface area contributed by atoms with Crippen LogP contribution in [0.1, 0.15) is 16.8 Å². The Hall–Kier alpha value is -3.07. The first-order valence-electron chi connectivity index (χ1n) is 9.03. The van der Waals surface area contributed by atoms with Gasteiger partial charge in [0.25, 0.3) is 5.91 Å². The number of halogens is 1. The van der Waals surface area contributed by atoms with Crippen LogP contribution in [0.4, 0.5) is 4.39 Å². The number of pyridine rings is 1. The second kappa shape index (κ2) is 8.95. The number of likely N-dealkylation sites (tertiary alicyclic amines) is 1. The van der Waals surface area contributed by atoms with E-state index in [4.69, 9.17) is 18.9 Å². The first kappa shape index (κ1) is 20.7. The molecule has 9 heteroatoms. The summed E-state index contributed by atoms with van der Waals surface area (Å²) in [6.45, 7) is 0.432. The molecule has 1 fully saturated rings. The van der Waals surface area contributed by atoms with Crippen molar-refractivity contribution in [2.75, 3.05) is 34.4 Å². The van der Waals surface area contributed by atoms with Gasteiger partial charge in [-0.05, 0) is 18.2 Å². The highest BCUT2D eigenvalue weighted by Crippen LogP contribution is 2.31. The molecule has 29 heavy (non-hydrogen) atoms. The zero-order chi connectivity index (χ0) is 21.0. The summed E-state index contributed by atoms with van der Waals surface area (Å²) in [6, 6.07) is 7.07. The average Bonchev–Trinajstić information content (AvgIpc) is 2.75. The van der Waals surface area contributed by atoms with Crippen molar-refractivity contribution in [3.63, 3.8) is 0 Å². The lowest BCUT2D eigenvalue weighted by Crippen LogP contribution is -2.51. The largest absolute Gasteiger partial charge is 0.493 e. The molecular formula is C20H23FN2O6. The Morgan fingerprint density at radius 1 is 1.14 bits per heavy atom. The van der Waals surface area contributed by atoms with Gasteiger partial charge in [0.1, 0.15) is 23.6 Å². The average molecular weight is 406 g/mol. The molecule has 1 aromatic carbocycles. The number of carbonyl (C=O) groups is 1. The monoisotopic (exact) mass is 406 g/mol. The smallest absolute Gasteiger partial charge is 0.259 e. The molecule has 3 rings (SSSR count). The van der Waals surface area contributed by atoms with Crippen LogP contribution >= 0.6 is 0 Å². The summed E-state index contributed by atoms with van der Waals surface area (Å²) >= 11 is 0. The number of nitrogens with zero attached hydrogens (tertiary/aromatic N) is 2. The van der Waals surface area contributed by atoms with Gasteiger partial charge in [-0.25, -0.2) is 4.39 Å². The predicted molar refractivity (Wildman–Crippen MR) is 101 cm³/mol. The zero-order valence-electron chi connectivity index (χ0n) is 16.4. The summed E-state index contributed by atoms with van der Waals surface area (Å²) in [5.41, 5.74) is 0.278. The zero-order valence-corrected chi connectivity index (χ0v) is 16.4. The van der Waals surface area contributed by atoms with Crippen LogP contribution in [0.2, 0.25) is 0 Å². The SMILES string of the molecule is COc1ccc(C(=O)N2CC[C@@H](Oc3ccc(F)cc3OC)[C@H](O)C2)c(OC)n1. The Balaban J connectivity index is 1.69. The van der Waals surface area contributed by atoms with Crippen LogP contribution in [0.25, 0.3) is 0 Å². The molecule has 156 valence electrons. The second-order valence-corrected chi connectivity index (χ2v) is 6.47. The van der Waals surface area contributed by atoms with E-state index < -0.39 is 18.0 Å². The van der Waals surface area contributed by atoms with Crippen LogP contribution < -0.4 is 18.9 Å². The fraction of sp³-hybridized carbons (Fsp3) is 0.400. The number of benzene rings is 1. The van der Waals surface area contributed by atoms with E-state index in [2.05, 4.69) is 4.98 Å². The van der Waals surface area contributed by atoms with Gasteiger partial charge in [0.2, 0.25) is 11.8 Å². The van der Waals surface area contributed by atoms with Crippen molar-refractivity contribution in [2.45, 2.75) is 18.6 Å². The maximum Gasteiger partial charge on any atom is 0.259 e. The standard InChI is InChI=1S/C20H23FN2O6/c1-26-17-10-12(21)4-6-16(17)29-15-8-9-23(11-14(15)24)20(25)13-5-7-18(27-2)22-19(13)28-3/h4-7,10,14-15,24H,8-9,11H2,1-3H3/t14-,15-/m1/s1. The highest BCUT2D eigenvalue weighted by Gasteiger charge is 2.33. The Bertz CT molecular complexity index is 878. The summed E-state index contributed by atoms with van der Waals surface area (Å²) in [6.07, 6.45) is -1.10. The van der Waals surface area contributed by atoms with Gasteiger partial charge in [-0.1, -0.05) is 0 Å². The van der Waals surface area contributed by atoms with Gasteiger partial charge in [0, 0.05) is 25.1 Å². The number of hydrogen-bond acceptors (Lipinski definition) is 7. The molecule has 8 nitrogen and oxygen atoms in total. The molecule has 0 radical (unpaired) electrons. The van der Waals surface area contributed by atoms with Crippen LogP contribution in [-0.4, -0.2) is 67.5 Å². The third kappa shape index (κ3) is 4.51. The molecule has 1 N–H and O–H groups in total. The number of carbonyl (C=O) groups excluding carboxylic acids is 1. The van der Waals surface area contributed by atoms with Gasteiger partial charge < -0.3 is 29.0 Å². The van der Waals surface area contributed by atoms with Crippen LogP contribution in [0.5, 0.6) is 23.3 Å². The third-order valence-corrected chi connectivity index (χ3v) is 4.68. The molecule has 2 heterocycles. The number of aromatic nitrogens is 1. The number of methoxy groups -OCH3 is 3. The number of aliphatic hydroxyl groups excluding tert-OH is 1. The minimum Gasteiger partial charge on any atom is -0.493 e. The summed E-state index contributed by atoms with van der Waals surface area (Å²) in [4.78, 5) is 18.5. The van der Waals surface area contributed by atoms with Crippen LogP contribution in [0.3, 0.4) is 0 Å². The summed E-state index contributed by atoms with van der Waals surface area (Å²) in [5.74, 6) is 0.298. The summed E-state index contributed by atoms with van der Waals surface area (Å²) in [7, 11) is 4.31. The maximum atomic E-state index is 13.3. The molecule has 0 unspecified atom stereocenters. The number of hydrogen-bond donors (Lipinski definition) is 1. The molecule has 2 atom stereocenters. The summed E-state index contributed by atoms with van der Waals surface area (Å²) < 4.78 is 34.5. The van der Waals surface area contributed by atoms with Crippen molar-refractivity contribution in [3.8, 4) is 23.3 Å². The van der Waals surface area contributed by atoms with Gasteiger partial charge >= 0.3 is 0 Å². The van der Waals surface area contributed by atoms with Crippen molar-refractivity contribution in [2.24, 2.45) is 0 Å². The van der Waals surface area contributed by atoms with Gasteiger partial charge in [-0.3, -0.25) is 4.79 Å². The van der Waals surface area contributed by atoms with E-state index in [9.17, 15) is 14.3 Å². The molecular weight excluding hydrogens is 383 g/mol. The summed E-state index contributed by atoms with van der Waals surface area (Å²) in [5, 5.41) is 10.5. The van der Waals surface area contributed by atoms with Gasteiger partial charge in [0.05, 0.1) is 27.9 Å². The highest BCUT2D eigenvalue weighted by atomic mass is 19.1. The number of piperidine rings is 1. The van der Waals surface area contributed by atoms with Crippen molar-refractivity contribution in [1.29, 1.82) is 0 Å². The molecule has 0 spiro atoms. The number of aliphatic hydroxyl groups is 1. The van der Waals surface area contributed by atoms with E-state index in [1.807, 2.05) is 0 Å². The van der Waals surface area contributed by atoms with E-state index >= 15 is 0 Å². The topological polar surface area (TPSA) is 90.4 Å². The van der Waals surface area contributed by atoms with Crippen LogP contribution in [-0.2, 0) is 0 Å². The van der Waals surface area contributed by atoms with Gasteiger partial charge in [-0.15, -0.1) is 0 Å². The molecule has 0 bridgehead atoms. The number of amides is 1. The van der Waals surface area contributed by atoms with E-state index in [1.54, 1.807) is 12.1 Å². The number of ether oxygens (including phenoxy) is 4. The highest BCUT2D eigenvalue weighted by molar-refractivity contribution is 5.96. The second-order valence-electron chi connectivity index (χ2n) is 6.47. The predicted octanol–water partition coefficient (Wildman–Crippen LogP) is 1.90. The lowest BCUT2D eigenvalue weighted by Gasteiger charge is -2.36. The van der Waals surface area contributed by atoms with Gasteiger partial charge in [0.15, 0.2) is 11.5 Å². The van der Waals surface area contributed by atoms with E-state index in [1.165, 1.54) is 44.4 Å². The molecule has 1 saturated heterocycles. The molecule has 0 saturated carbocycles. The van der Waals surface area contributed by atoms with Crippen LogP contribution in [0, 0.1) is 5.82 Å². The third-order valence-electron chi connectivity index (χ3n) is 4.68. The molecule has 1 aliphatic heterocycles. The van der Waals surface area contributed by atoms with Crippen molar-refractivity contribution < 1.29 is 33.2 Å². The Morgan fingerprint density at radius 3 is 2.59 bits per heavy atom. The van der Waals surface area contributed by atoms with E-state index in [-0.39, 0.29) is 29.6 Å². The molecule has 2 aromatic rings. The number of β-amino-alcohol motifs (C(OH)–C–C–N with tert-alkyl or cyclic N) is 1. The Morgan fingerprint density at radius 2 is 1.93 bits per heavy atom. The first-order valence-corrected chi connectivity index (χ1v) is 9.03. The van der Waals surface area contributed by atoms with Crippen LogP contribution in [0.15, 0.2) is 30.3 Å². The Labute approximate surface area is 167 Å². The molecule has 1 amide bonds. The molecule has 1 aliphatic rings. The van der Waals surface area contributed by atoms with Crippen molar-refractivity contribution in [1.82, 2.24) is 9.88 Å². The van der Waals surface area contributed by atoms with Crippen molar-refractivity contribution >= 4 is 5.91 Å². The normalized spacial score (nSPS) is 18.9. The van der Waals surface area contributed by atoms with Gasteiger partial charge in [-0.2, -0.15) is 4.98 Å². The van der Waals surface area contributed by atoms with E-state index in [0.717, 1.165) is 0 Å². The fourth-order valence-corrected chi connectivity index (χ4v) is 3.16. The van der Waals surface area contributed by atoms with E-state index in [0.29, 0.717) is 24.6 Å². The minimum atomic E-state index is -0.931. The Kier molecular flexibility index (Phi) is 6.38.